The molecule has 0 atom stereocenters. The summed E-state index contributed by atoms with van der Waals surface area (Å²) in [5, 5.41) is 10.1. The fourth-order valence-electron chi connectivity index (χ4n) is 2.15. The van der Waals surface area contributed by atoms with Crippen molar-refractivity contribution >= 4 is 16.7 Å². The molecule has 5 nitrogen and oxygen atoms in total. The van der Waals surface area contributed by atoms with Crippen LogP contribution >= 0.6 is 0 Å². The van der Waals surface area contributed by atoms with Crippen molar-refractivity contribution < 1.29 is 9.90 Å². The van der Waals surface area contributed by atoms with E-state index in [9.17, 15) is 14.7 Å². The molecule has 0 bridgehead atoms. The molecule has 0 radical (unpaired) electrons. The van der Waals surface area contributed by atoms with E-state index in [0.29, 0.717) is 16.5 Å². The average molecular weight is 266 g/mol. The first-order valence-corrected chi connectivity index (χ1v) is 5.96. The summed E-state index contributed by atoms with van der Waals surface area (Å²) in [6.07, 6.45) is 4.44. The fraction of sp³-hybridized carbons (Fsp3) is 0. The maximum Gasteiger partial charge on any atom is 0.337 e. The molecule has 0 aliphatic rings. The van der Waals surface area contributed by atoms with Gasteiger partial charge in [-0.15, -0.1) is 0 Å². The van der Waals surface area contributed by atoms with Crippen molar-refractivity contribution in [2.75, 3.05) is 0 Å². The number of fused-ring (bicyclic) bond motifs is 1. The molecule has 98 valence electrons. The van der Waals surface area contributed by atoms with Crippen LogP contribution in [-0.2, 0) is 0 Å². The van der Waals surface area contributed by atoms with E-state index in [0.717, 1.165) is 0 Å². The summed E-state index contributed by atoms with van der Waals surface area (Å²) in [5.74, 6) is -1.07. The Morgan fingerprint density at radius 2 is 1.85 bits per heavy atom. The van der Waals surface area contributed by atoms with Gasteiger partial charge < -0.3 is 5.11 Å². The molecule has 0 spiro atoms. The molecule has 2 heterocycles. The summed E-state index contributed by atoms with van der Waals surface area (Å²) in [7, 11) is 0. The van der Waals surface area contributed by atoms with Crippen molar-refractivity contribution in [3.05, 3.63) is 70.9 Å². The van der Waals surface area contributed by atoms with E-state index in [4.69, 9.17) is 0 Å². The third-order valence-corrected chi connectivity index (χ3v) is 3.08. The van der Waals surface area contributed by atoms with Crippen LogP contribution in [0.3, 0.4) is 0 Å². The standard InChI is InChI=1S/C15H10N2O3/c18-14-12-6-2-1-5-11(12)13(15(19)20)9-17(14)10-4-3-7-16-8-10/h1-9H,(H,19,20). The maximum absolute atomic E-state index is 12.4. The number of pyridine rings is 2. The van der Waals surface area contributed by atoms with Gasteiger partial charge >= 0.3 is 5.97 Å². The lowest BCUT2D eigenvalue weighted by Gasteiger charge is -2.09. The van der Waals surface area contributed by atoms with Gasteiger partial charge in [-0.1, -0.05) is 18.2 Å². The summed E-state index contributed by atoms with van der Waals surface area (Å²) in [6.45, 7) is 0. The lowest BCUT2D eigenvalue weighted by molar-refractivity contribution is 0.0698. The first-order valence-electron chi connectivity index (χ1n) is 5.96. The van der Waals surface area contributed by atoms with Gasteiger partial charge in [0.15, 0.2) is 0 Å². The molecule has 20 heavy (non-hydrogen) atoms. The molecule has 1 N–H and O–H groups in total. The molecule has 0 unspecified atom stereocenters. The second kappa shape index (κ2) is 4.62. The molecule has 0 aliphatic carbocycles. The number of nitrogens with zero attached hydrogens (tertiary/aromatic N) is 2. The molecule has 1 aromatic carbocycles. The highest BCUT2D eigenvalue weighted by molar-refractivity contribution is 6.03. The Kier molecular flexibility index (Phi) is 2.80. The Morgan fingerprint density at radius 3 is 2.50 bits per heavy atom. The summed E-state index contributed by atoms with van der Waals surface area (Å²) in [6, 6.07) is 10.1. The number of hydrogen-bond donors (Lipinski definition) is 1. The predicted molar refractivity (Wildman–Crippen MR) is 74.3 cm³/mol. The average Bonchev–Trinajstić information content (AvgIpc) is 2.48. The van der Waals surface area contributed by atoms with Gasteiger partial charge in [-0.3, -0.25) is 14.3 Å². The van der Waals surface area contributed by atoms with E-state index in [2.05, 4.69) is 4.98 Å². The SMILES string of the molecule is O=C(O)c1cn(-c2cccnc2)c(=O)c2ccccc12. The number of carbonyl (C=O) groups is 1. The van der Waals surface area contributed by atoms with Crippen molar-refractivity contribution in [2.45, 2.75) is 0 Å². The maximum atomic E-state index is 12.4. The Bertz CT molecular complexity index is 854. The number of carboxylic acids is 1. The summed E-state index contributed by atoms with van der Waals surface area (Å²) in [4.78, 5) is 27.8. The number of rotatable bonds is 2. The smallest absolute Gasteiger partial charge is 0.337 e. The first-order chi connectivity index (χ1) is 9.68. The van der Waals surface area contributed by atoms with Gasteiger partial charge in [0.05, 0.1) is 17.4 Å². The Morgan fingerprint density at radius 1 is 1.10 bits per heavy atom. The van der Waals surface area contributed by atoms with Crippen LogP contribution in [0.25, 0.3) is 16.5 Å². The van der Waals surface area contributed by atoms with Gasteiger partial charge in [0.2, 0.25) is 0 Å². The van der Waals surface area contributed by atoms with Crippen molar-refractivity contribution in [1.29, 1.82) is 0 Å². The van der Waals surface area contributed by atoms with Crippen LogP contribution in [0.15, 0.2) is 59.8 Å². The van der Waals surface area contributed by atoms with E-state index < -0.39 is 5.97 Å². The zero-order valence-electron chi connectivity index (χ0n) is 10.4. The van der Waals surface area contributed by atoms with Gasteiger partial charge in [0.1, 0.15) is 0 Å². The number of hydrogen-bond acceptors (Lipinski definition) is 3. The van der Waals surface area contributed by atoms with Crippen LogP contribution in [-0.4, -0.2) is 20.6 Å². The van der Waals surface area contributed by atoms with Crippen LogP contribution in [0, 0.1) is 0 Å². The van der Waals surface area contributed by atoms with Gasteiger partial charge in [0.25, 0.3) is 5.56 Å². The van der Waals surface area contributed by atoms with E-state index in [1.165, 1.54) is 17.0 Å². The van der Waals surface area contributed by atoms with Gasteiger partial charge in [0, 0.05) is 23.2 Å². The predicted octanol–water partition coefficient (Wildman–Crippen LogP) is 2.08. The number of carboxylic acid groups (broad SMARTS) is 1. The Hall–Kier alpha value is -2.95. The van der Waals surface area contributed by atoms with Crippen LogP contribution in [0.1, 0.15) is 10.4 Å². The van der Waals surface area contributed by atoms with E-state index in [1.54, 1.807) is 42.6 Å². The second-order valence-corrected chi connectivity index (χ2v) is 4.28. The highest BCUT2D eigenvalue weighted by Crippen LogP contribution is 2.17. The van der Waals surface area contributed by atoms with Crippen molar-refractivity contribution in [2.24, 2.45) is 0 Å². The molecule has 0 fully saturated rings. The third-order valence-electron chi connectivity index (χ3n) is 3.08. The van der Waals surface area contributed by atoms with Crippen LogP contribution < -0.4 is 5.56 Å². The van der Waals surface area contributed by atoms with Crippen molar-refractivity contribution in [3.63, 3.8) is 0 Å². The lowest BCUT2D eigenvalue weighted by Crippen LogP contribution is -2.20. The molecule has 0 saturated heterocycles. The molecule has 3 rings (SSSR count). The summed E-state index contributed by atoms with van der Waals surface area (Å²) in [5.41, 5.74) is 0.355. The highest BCUT2D eigenvalue weighted by Gasteiger charge is 2.14. The molecule has 5 heteroatoms. The van der Waals surface area contributed by atoms with E-state index in [-0.39, 0.29) is 11.1 Å². The molecular formula is C15H10N2O3. The molecule has 3 aromatic rings. The van der Waals surface area contributed by atoms with Crippen molar-refractivity contribution in [1.82, 2.24) is 9.55 Å². The normalized spacial score (nSPS) is 10.6. The number of aromatic carboxylic acids is 1. The van der Waals surface area contributed by atoms with Gasteiger partial charge in [-0.05, 0) is 18.2 Å². The minimum Gasteiger partial charge on any atom is -0.478 e. The van der Waals surface area contributed by atoms with E-state index in [1.807, 2.05) is 0 Å². The number of benzene rings is 1. The van der Waals surface area contributed by atoms with Crippen LogP contribution in [0.2, 0.25) is 0 Å². The summed E-state index contributed by atoms with van der Waals surface area (Å²) >= 11 is 0. The molecular weight excluding hydrogens is 256 g/mol. The zero-order valence-corrected chi connectivity index (χ0v) is 10.4. The molecule has 2 aromatic heterocycles. The number of aromatic nitrogens is 2. The van der Waals surface area contributed by atoms with E-state index >= 15 is 0 Å². The lowest BCUT2D eigenvalue weighted by atomic mass is 10.1. The molecule has 0 aliphatic heterocycles. The van der Waals surface area contributed by atoms with Gasteiger partial charge in [-0.25, -0.2) is 4.79 Å². The minimum atomic E-state index is -1.07. The fourth-order valence-corrected chi connectivity index (χ4v) is 2.15. The Balaban J connectivity index is 2.43. The Labute approximate surface area is 113 Å². The highest BCUT2D eigenvalue weighted by atomic mass is 16.4. The monoisotopic (exact) mass is 266 g/mol. The topological polar surface area (TPSA) is 72.2 Å². The zero-order chi connectivity index (χ0) is 14.1. The second-order valence-electron chi connectivity index (χ2n) is 4.28. The quantitative estimate of drug-likeness (QED) is 0.770. The first kappa shape index (κ1) is 12.1. The minimum absolute atomic E-state index is 0.0871. The summed E-state index contributed by atoms with van der Waals surface area (Å²) < 4.78 is 1.30. The molecule has 0 amide bonds. The van der Waals surface area contributed by atoms with Crippen LogP contribution in [0.5, 0.6) is 0 Å². The largest absolute Gasteiger partial charge is 0.478 e. The molecule has 0 saturated carbocycles. The van der Waals surface area contributed by atoms with Gasteiger partial charge in [-0.2, -0.15) is 0 Å². The third kappa shape index (κ3) is 1.85. The van der Waals surface area contributed by atoms with Crippen LogP contribution in [0.4, 0.5) is 0 Å². The van der Waals surface area contributed by atoms with Crippen molar-refractivity contribution in [3.8, 4) is 5.69 Å².